The van der Waals surface area contributed by atoms with Crippen molar-refractivity contribution in [2.75, 3.05) is 5.73 Å². The van der Waals surface area contributed by atoms with Gasteiger partial charge in [-0.25, -0.2) is 4.79 Å². The van der Waals surface area contributed by atoms with E-state index in [-0.39, 0.29) is 5.69 Å². The van der Waals surface area contributed by atoms with Crippen LogP contribution < -0.4 is 11.4 Å². The fourth-order valence-electron chi connectivity index (χ4n) is 5.11. The lowest BCUT2D eigenvalue weighted by Crippen LogP contribution is -2.44. The van der Waals surface area contributed by atoms with E-state index in [9.17, 15) is 4.79 Å². The summed E-state index contributed by atoms with van der Waals surface area (Å²) >= 11 is 0. The zero-order chi connectivity index (χ0) is 12.3. The van der Waals surface area contributed by atoms with E-state index in [1.54, 1.807) is 0 Å². The summed E-state index contributed by atoms with van der Waals surface area (Å²) in [5.74, 6) is 4.32. The highest BCUT2D eigenvalue weighted by Gasteiger charge is 2.48. The monoisotopic (exact) mass is 245 g/mol. The summed E-state index contributed by atoms with van der Waals surface area (Å²) in [5, 5.41) is 0. The number of nitrogens with one attached hydrogen (secondary N) is 1. The van der Waals surface area contributed by atoms with Crippen molar-refractivity contribution in [1.29, 1.82) is 0 Å². The third-order valence-corrected chi connectivity index (χ3v) is 5.37. The number of nitrogens with zero attached hydrogens (tertiary/aromatic N) is 1. The van der Waals surface area contributed by atoms with Crippen molar-refractivity contribution >= 4 is 5.82 Å². The first kappa shape index (κ1) is 10.6. The molecule has 0 aromatic carbocycles. The Bertz CT molecular complexity index is 508. The molecule has 4 bridgehead atoms. The SMILES string of the molecule is Nc1cc(C2C3CC4CC(C3)CC2C4)[nH]c(=O)n1. The number of hydrogen-bond donors (Lipinski definition) is 2. The molecule has 4 nitrogen and oxygen atoms in total. The predicted octanol–water partition coefficient (Wildman–Crippen LogP) is 1.89. The summed E-state index contributed by atoms with van der Waals surface area (Å²) in [6, 6.07) is 1.88. The third-order valence-electron chi connectivity index (χ3n) is 5.37. The molecule has 3 N–H and O–H groups in total. The molecule has 0 aliphatic heterocycles. The number of H-pyrrole nitrogens is 1. The van der Waals surface area contributed by atoms with Crippen LogP contribution in [0.2, 0.25) is 0 Å². The Labute approximate surface area is 106 Å². The summed E-state index contributed by atoms with van der Waals surface area (Å²) in [5.41, 5.74) is 6.47. The van der Waals surface area contributed by atoms with Gasteiger partial charge in [-0.05, 0) is 55.8 Å². The van der Waals surface area contributed by atoms with Crippen LogP contribution in [-0.2, 0) is 0 Å². The highest BCUT2D eigenvalue weighted by molar-refractivity contribution is 5.31. The van der Waals surface area contributed by atoms with E-state index >= 15 is 0 Å². The zero-order valence-electron chi connectivity index (χ0n) is 10.4. The first-order chi connectivity index (χ1) is 8.69. The molecule has 4 heteroatoms. The molecule has 0 amide bonds. The van der Waals surface area contributed by atoms with Gasteiger partial charge in [0.15, 0.2) is 0 Å². The minimum atomic E-state index is -0.293. The number of aromatic amines is 1. The van der Waals surface area contributed by atoms with Gasteiger partial charge in [0.1, 0.15) is 5.82 Å². The Morgan fingerprint density at radius 1 is 1.11 bits per heavy atom. The Kier molecular flexibility index (Phi) is 2.11. The van der Waals surface area contributed by atoms with Gasteiger partial charge < -0.3 is 10.7 Å². The molecular formula is C14H19N3O. The van der Waals surface area contributed by atoms with Crippen LogP contribution in [-0.4, -0.2) is 9.97 Å². The molecule has 1 aromatic rings. The lowest BCUT2D eigenvalue weighted by molar-refractivity contribution is -0.00423. The first-order valence-electron chi connectivity index (χ1n) is 7.06. The van der Waals surface area contributed by atoms with Crippen LogP contribution in [0.25, 0.3) is 0 Å². The highest BCUT2D eigenvalue weighted by Crippen LogP contribution is 2.59. The Morgan fingerprint density at radius 2 is 1.72 bits per heavy atom. The topological polar surface area (TPSA) is 71.8 Å². The number of rotatable bonds is 1. The summed E-state index contributed by atoms with van der Waals surface area (Å²) < 4.78 is 0. The van der Waals surface area contributed by atoms with Crippen LogP contribution in [0.3, 0.4) is 0 Å². The Morgan fingerprint density at radius 3 is 2.28 bits per heavy atom. The number of nitrogen functional groups attached to an aromatic ring is 1. The fourth-order valence-corrected chi connectivity index (χ4v) is 5.11. The van der Waals surface area contributed by atoms with Crippen LogP contribution in [0.1, 0.15) is 43.7 Å². The average Bonchev–Trinajstić information content (AvgIpc) is 2.25. The second-order valence-electron chi connectivity index (χ2n) is 6.52. The van der Waals surface area contributed by atoms with Crippen molar-refractivity contribution in [1.82, 2.24) is 9.97 Å². The van der Waals surface area contributed by atoms with Crippen LogP contribution in [0.5, 0.6) is 0 Å². The first-order valence-corrected chi connectivity index (χ1v) is 7.06. The van der Waals surface area contributed by atoms with Gasteiger partial charge in [-0.2, -0.15) is 4.98 Å². The number of nitrogens with two attached hydrogens (primary N) is 1. The maximum absolute atomic E-state index is 11.5. The van der Waals surface area contributed by atoms with Crippen molar-refractivity contribution in [3.05, 3.63) is 22.2 Å². The van der Waals surface area contributed by atoms with Gasteiger partial charge in [0.05, 0.1) is 0 Å². The van der Waals surface area contributed by atoms with E-state index < -0.39 is 0 Å². The molecule has 4 aliphatic rings. The van der Waals surface area contributed by atoms with Crippen LogP contribution in [0.15, 0.2) is 10.9 Å². The van der Waals surface area contributed by atoms with E-state index in [4.69, 9.17) is 5.73 Å². The van der Waals surface area contributed by atoms with E-state index in [1.165, 1.54) is 32.1 Å². The maximum Gasteiger partial charge on any atom is 0.347 e. The minimum absolute atomic E-state index is 0.293. The van der Waals surface area contributed by atoms with Crippen molar-refractivity contribution in [2.45, 2.75) is 38.0 Å². The molecule has 0 unspecified atom stereocenters. The molecule has 4 aliphatic carbocycles. The smallest absolute Gasteiger partial charge is 0.347 e. The normalized spacial score (nSPS) is 41.2. The number of aromatic nitrogens is 2. The van der Waals surface area contributed by atoms with Crippen molar-refractivity contribution in [2.24, 2.45) is 23.7 Å². The van der Waals surface area contributed by atoms with E-state index in [1.807, 2.05) is 6.07 Å². The van der Waals surface area contributed by atoms with Gasteiger partial charge in [-0.1, -0.05) is 0 Å². The molecule has 0 spiro atoms. The fraction of sp³-hybridized carbons (Fsp3) is 0.714. The van der Waals surface area contributed by atoms with Crippen LogP contribution in [0.4, 0.5) is 5.82 Å². The number of hydrogen-bond acceptors (Lipinski definition) is 3. The summed E-state index contributed by atoms with van der Waals surface area (Å²) in [6.45, 7) is 0. The highest BCUT2D eigenvalue weighted by atomic mass is 16.1. The molecule has 4 fully saturated rings. The second kappa shape index (κ2) is 3.59. The van der Waals surface area contributed by atoms with Gasteiger partial charge in [0.25, 0.3) is 0 Å². The van der Waals surface area contributed by atoms with E-state index in [0.717, 1.165) is 29.4 Å². The number of anilines is 1. The van der Waals surface area contributed by atoms with Crippen molar-refractivity contribution in [3.63, 3.8) is 0 Å². The molecule has 0 atom stereocenters. The van der Waals surface area contributed by atoms with Gasteiger partial charge in [0, 0.05) is 17.7 Å². The van der Waals surface area contributed by atoms with Gasteiger partial charge in [-0.15, -0.1) is 0 Å². The summed E-state index contributed by atoms with van der Waals surface area (Å²) in [6.07, 6.45) is 6.85. The van der Waals surface area contributed by atoms with E-state index in [2.05, 4.69) is 9.97 Å². The largest absolute Gasteiger partial charge is 0.383 e. The van der Waals surface area contributed by atoms with Crippen LogP contribution in [0, 0.1) is 23.7 Å². The summed E-state index contributed by atoms with van der Waals surface area (Å²) in [4.78, 5) is 18.1. The maximum atomic E-state index is 11.5. The third kappa shape index (κ3) is 1.51. The van der Waals surface area contributed by atoms with E-state index in [0.29, 0.717) is 11.7 Å². The molecule has 0 saturated heterocycles. The standard InChI is InChI=1S/C14H19N3O/c15-12-6-11(16-14(18)17-12)13-9-2-7-1-8(4-9)5-10(13)3-7/h6-10,13H,1-5H2,(H3,15,16,17,18). The summed E-state index contributed by atoms with van der Waals surface area (Å²) in [7, 11) is 0. The molecule has 1 heterocycles. The molecule has 5 rings (SSSR count). The molecular weight excluding hydrogens is 226 g/mol. The van der Waals surface area contributed by atoms with Gasteiger partial charge in [0.2, 0.25) is 0 Å². The molecule has 4 saturated carbocycles. The van der Waals surface area contributed by atoms with Crippen molar-refractivity contribution in [3.8, 4) is 0 Å². The lowest BCUT2D eigenvalue weighted by Gasteiger charge is -2.54. The zero-order valence-corrected chi connectivity index (χ0v) is 10.4. The second-order valence-corrected chi connectivity index (χ2v) is 6.52. The Balaban J connectivity index is 1.74. The molecule has 18 heavy (non-hydrogen) atoms. The van der Waals surface area contributed by atoms with Gasteiger partial charge >= 0.3 is 5.69 Å². The molecule has 96 valence electrons. The minimum Gasteiger partial charge on any atom is -0.383 e. The van der Waals surface area contributed by atoms with Gasteiger partial charge in [-0.3, -0.25) is 0 Å². The lowest BCUT2D eigenvalue weighted by atomic mass is 9.51. The molecule has 0 radical (unpaired) electrons. The Hall–Kier alpha value is -1.32. The predicted molar refractivity (Wildman–Crippen MR) is 69.1 cm³/mol. The van der Waals surface area contributed by atoms with Crippen LogP contribution >= 0.6 is 0 Å². The van der Waals surface area contributed by atoms with Crippen molar-refractivity contribution < 1.29 is 0 Å². The molecule has 1 aromatic heterocycles. The average molecular weight is 245 g/mol. The quantitative estimate of drug-likeness (QED) is 0.793.